The zero-order chi connectivity index (χ0) is 18.8. The summed E-state index contributed by atoms with van der Waals surface area (Å²) in [6.45, 7) is 15.8. The Hall–Kier alpha value is -1.63. The fraction of sp³-hybridized carbons (Fsp3) is 0.647. The molecule has 0 unspecified atom stereocenters. The smallest absolute Gasteiger partial charge is 0.371 e. The Balaban J connectivity index is 5.33. The van der Waals surface area contributed by atoms with Crippen LogP contribution in [0, 0.1) is 0 Å². The number of guanidine groups is 1. The Morgan fingerprint density at radius 3 is 2.17 bits per heavy atom. The van der Waals surface area contributed by atoms with Crippen molar-refractivity contribution >= 4 is 11.7 Å². The molecule has 0 saturated carbocycles. The van der Waals surface area contributed by atoms with Gasteiger partial charge in [0.2, 0.25) is 5.96 Å². The van der Waals surface area contributed by atoms with Crippen molar-refractivity contribution in [1.29, 1.82) is 0 Å². The van der Waals surface area contributed by atoms with Crippen molar-refractivity contribution < 1.29 is 17.9 Å². The van der Waals surface area contributed by atoms with Crippen LogP contribution in [0.4, 0.5) is 13.2 Å². The highest BCUT2D eigenvalue weighted by Crippen LogP contribution is 2.25. The van der Waals surface area contributed by atoms with Gasteiger partial charge in [0.15, 0.2) is 0 Å². The van der Waals surface area contributed by atoms with Gasteiger partial charge in [0.25, 0.3) is 0 Å². The molecule has 0 aliphatic rings. The normalized spacial score (nSPS) is 13.1. The third-order valence-corrected chi connectivity index (χ3v) is 2.96. The van der Waals surface area contributed by atoms with Gasteiger partial charge in [0.1, 0.15) is 5.70 Å². The summed E-state index contributed by atoms with van der Waals surface area (Å²) in [5.41, 5.74) is 0.243. The van der Waals surface area contributed by atoms with Crippen molar-refractivity contribution in [2.75, 3.05) is 26.3 Å². The Morgan fingerprint density at radius 1 is 1.08 bits per heavy atom. The first kappa shape index (κ1) is 22.4. The van der Waals surface area contributed by atoms with Crippen LogP contribution < -0.4 is 0 Å². The molecule has 0 saturated heterocycles. The molecule has 138 valence electrons. The van der Waals surface area contributed by atoms with Crippen molar-refractivity contribution in [2.24, 2.45) is 9.98 Å². The van der Waals surface area contributed by atoms with E-state index < -0.39 is 11.9 Å². The maximum absolute atomic E-state index is 12.7. The number of nitrogens with zero attached hydrogens (tertiary/aromatic N) is 3. The highest BCUT2D eigenvalue weighted by atomic mass is 19.4. The van der Waals surface area contributed by atoms with E-state index in [1.807, 2.05) is 20.8 Å². The van der Waals surface area contributed by atoms with Gasteiger partial charge in [0.05, 0.1) is 13.2 Å². The zero-order valence-corrected chi connectivity index (χ0v) is 15.0. The maximum Gasteiger partial charge on any atom is 0.432 e. The third kappa shape index (κ3) is 9.50. The molecule has 0 heterocycles. The van der Waals surface area contributed by atoms with E-state index in [0.29, 0.717) is 25.4 Å². The molecule has 0 fully saturated rings. The summed E-state index contributed by atoms with van der Waals surface area (Å²) >= 11 is 0. The second-order valence-electron chi connectivity index (χ2n) is 5.59. The number of ether oxygens (including phenoxy) is 1. The molecule has 0 amide bonds. The van der Waals surface area contributed by atoms with Crippen LogP contribution in [-0.2, 0) is 4.74 Å². The van der Waals surface area contributed by atoms with E-state index in [-0.39, 0.29) is 12.6 Å². The van der Waals surface area contributed by atoms with E-state index >= 15 is 0 Å². The molecule has 0 rings (SSSR count). The van der Waals surface area contributed by atoms with Crippen molar-refractivity contribution in [3.05, 3.63) is 24.4 Å². The number of rotatable bonds is 9. The fourth-order valence-corrected chi connectivity index (χ4v) is 1.67. The van der Waals surface area contributed by atoms with E-state index in [1.165, 1.54) is 0 Å². The molecule has 4 nitrogen and oxygen atoms in total. The van der Waals surface area contributed by atoms with E-state index in [4.69, 9.17) is 4.74 Å². The van der Waals surface area contributed by atoms with Crippen LogP contribution in [-0.4, -0.2) is 49.1 Å². The number of aliphatic imine (C=N–C) groups is 2. The molecule has 0 aromatic heterocycles. The number of alkyl halides is 3. The summed E-state index contributed by atoms with van der Waals surface area (Å²) in [5.74, 6) is 0.0182. The molecule has 24 heavy (non-hydrogen) atoms. The van der Waals surface area contributed by atoms with E-state index in [9.17, 15) is 13.2 Å². The second kappa shape index (κ2) is 11.0. The lowest BCUT2D eigenvalue weighted by Gasteiger charge is -2.22. The minimum absolute atomic E-state index is 0.0182. The van der Waals surface area contributed by atoms with Gasteiger partial charge in [0, 0.05) is 18.8 Å². The Morgan fingerprint density at radius 2 is 1.71 bits per heavy atom. The number of allylic oxidation sites excluding steroid dienone is 1. The molecule has 0 aliphatic carbocycles. The number of hydrogen-bond acceptors (Lipinski definition) is 2. The van der Waals surface area contributed by atoms with Gasteiger partial charge < -0.3 is 9.64 Å². The molecule has 0 radical (unpaired) electrons. The summed E-state index contributed by atoms with van der Waals surface area (Å²) in [7, 11) is 0. The molecule has 0 atom stereocenters. The van der Waals surface area contributed by atoms with Gasteiger partial charge in [-0.3, -0.25) is 0 Å². The van der Waals surface area contributed by atoms with Crippen LogP contribution in [0.3, 0.4) is 0 Å². The van der Waals surface area contributed by atoms with Gasteiger partial charge in [-0.05, 0) is 27.2 Å². The van der Waals surface area contributed by atoms with Crippen LogP contribution in [0.1, 0.15) is 40.5 Å². The van der Waals surface area contributed by atoms with Crippen LogP contribution in [0.2, 0.25) is 0 Å². The highest BCUT2D eigenvalue weighted by molar-refractivity contribution is 5.97. The van der Waals surface area contributed by atoms with Gasteiger partial charge in [-0.2, -0.15) is 13.2 Å². The molecular formula is C17H28F3N3O. The summed E-state index contributed by atoms with van der Waals surface area (Å²) in [5, 5.41) is 0. The van der Waals surface area contributed by atoms with E-state index in [0.717, 1.165) is 18.4 Å². The molecule has 0 spiro atoms. The maximum atomic E-state index is 12.7. The predicted octanol–water partition coefficient (Wildman–Crippen LogP) is 4.59. The van der Waals surface area contributed by atoms with Crippen LogP contribution in [0.25, 0.3) is 0 Å². The number of hydrogen-bond donors (Lipinski definition) is 0. The van der Waals surface area contributed by atoms with Crippen molar-refractivity contribution in [1.82, 2.24) is 4.90 Å². The van der Waals surface area contributed by atoms with Crippen molar-refractivity contribution in [2.45, 2.75) is 46.7 Å². The first-order valence-electron chi connectivity index (χ1n) is 7.97. The lowest BCUT2D eigenvalue weighted by molar-refractivity contribution is -0.0920. The molecule has 0 N–H and O–H groups in total. The van der Waals surface area contributed by atoms with Crippen molar-refractivity contribution in [3.8, 4) is 0 Å². The fourth-order valence-electron chi connectivity index (χ4n) is 1.67. The molecule has 0 aliphatic heterocycles. The average molecular weight is 347 g/mol. The van der Waals surface area contributed by atoms with E-state index in [2.05, 4.69) is 23.1 Å². The van der Waals surface area contributed by atoms with Gasteiger partial charge in [-0.1, -0.05) is 32.1 Å². The Bertz CT molecular complexity index is 482. The standard InChI is InChI=1S/C17H28F3N3O/c1-7-9-10-23(8-2)16(22-15(6)17(18,19)20)21-14(5)12-24-11-13(3)4/h3,6-12H2,1-2,4-5H3. The molecule has 0 aromatic rings. The summed E-state index contributed by atoms with van der Waals surface area (Å²) < 4.78 is 43.6. The molecule has 7 heteroatoms. The quantitative estimate of drug-likeness (QED) is 0.347. The topological polar surface area (TPSA) is 37.2 Å². The highest BCUT2D eigenvalue weighted by Gasteiger charge is 2.32. The minimum atomic E-state index is -4.57. The van der Waals surface area contributed by atoms with Crippen LogP contribution in [0.5, 0.6) is 0 Å². The largest absolute Gasteiger partial charge is 0.432 e. The number of halogens is 3. The van der Waals surface area contributed by atoms with Gasteiger partial charge in [-0.25, -0.2) is 9.98 Å². The second-order valence-corrected chi connectivity index (χ2v) is 5.59. The average Bonchev–Trinajstić information content (AvgIpc) is 2.46. The monoisotopic (exact) mass is 347 g/mol. The molecule has 0 bridgehead atoms. The third-order valence-electron chi connectivity index (χ3n) is 2.96. The molecular weight excluding hydrogens is 319 g/mol. The lowest BCUT2D eigenvalue weighted by atomic mass is 10.3. The summed E-state index contributed by atoms with van der Waals surface area (Å²) in [6, 6.07) is 0. The summed E-state index contributed by atoms with van der Waals surface area (Å²) in [6.07, 6.45) is -2.81. The van der Waals surface area contributed by atoms with Crippen molar-refractivity contribution in [3.63, 3.8) is 0 Å². The lowest BCUT2D eigenvalue weighted by Crippen LogP contribution is -2.32. The van der Waals surface area contributed by atoms with Gasteiger partial charge >= 0.3 is 6.18 Å². The van der Waals surface area contributed by atoms with Crippen LogP contribution >= 0.6 is 0 Å². The SMILES string of the molecule is C=C(C)COCC(C)=NC(=NC(=C)C(F)(F)F)N(CC)CCCC. The first-order chi connectivity index (χ1) is 11.1. The Kier molecular flexibility index (Phi) is 10.3. The van der Waals surface area contributed by atoms with Crippen LogP contribution in [0.15, 0.2) is 34.4 Å². The summed E-state index contributed by atoms with van der Waals surface area (Å²) in [4.78, 5) is 9.56. The number of unbranched alkanes of at least 4 members (excludes halogenated alkanes) is 1. The van der Waals surface area contributed by atoms with Gasteiger partial charge in [-0.15, -0.1) is 0 Å². The zero-order valence-electron chi connectivity index (χ0n) is 15.0. The minimum Gasteiger partial charge on any atom is -0.371 e. The Labute approximate surface area is 142 Å². The molecule has 0 aromatic carbocycles. The van der Waals surface area contributed by atoms with E-state index in [1.54, 1.807) is 11.8 Å². The predicted molar refractivity (Wildman–Crippen MR) is 93.5 cm³/mol. The first-order valence-corrected chi connectivity index (χ1v) is 7.97.